The van der Waals surface area contributed by atoms with Gasteiger partial charge in [-0.1, -0.05) is 12.1 Å². The van der Waals surface area contributed by atoms with Crippen LogP contribution in [0.5, 0.6) is 0 Å². The zero-order valence-corrected chi connectivity index (χ0v) is 13.3. The quantitative estimate of drug-likeness (QED) is 0.388. The molecule has 0 aliphatic heterocycles. The summed E-state index contributed by atoms with van der Waals surface area (Å²) in [6.07, 6.45) is 1.80. The Morgan fingerprint density at radius 3 is 2.81 bits per heavy atom. The maximum Gasteiger partial charge on any atom is 0.281 e. The van der Waals surface area contributed by atoms with E-state index in [1.165, 1.54) is 6.07 Å². The highest BCUT2D eigenvalue weighted by atomic mass is 127. The third kappa shape index (κ3) is 2.60. The number of rotatable bonds is 3. The molecule has 0 saturated heterocycles. The van der Waals surface area contributed by atoms with E-state index < -0.39 is 0 Å². The van der Waals surface area contributed by atoms with E-state index in [0.717, 1.165) is 16.8 Å². The highest BCUT2D eigenvalue weighted by molar-refractivity contribution is 14.1. The molecule has 2 aromatic heterocycles. The van der Waals surface area contributed by atoms with Gasteiger partial charge in [0.1, 0.15) is 9.09 Å². The average Bonchev–Trinajstić information content (AvgIpc) is 2.78. The van der Waals surface area contributed by atoms with E-state index in [1.54, 1.807) is 16.9 Å². The number of hydrogen-bond acceptors (Lipinski definition) is 4. The van der Waals surface area contributed by atoms with E-state index >= 15 is 0 Å². The second-order valence-electron chi connectivity index (χ2n) is 4.68. The molecule has 7 heteroatoms. The molecule has 0 aliphatic rings. The number of nitrogens with zero attached hydrogens (tertiary/aromatic N) is 4. The van der Waals surface area contributed by atoms with Crippen LogP contribution in [-0.2, 0) is 6.54 Å². The van der Waals surface area contributed by atoms with E-state index in [1.807, 2.05) is 47.7 Å². The number of benzene rings is 1. The second-order valence-corrected chi connectivity index (χ2v) is 5.71. The molecule has 3 rings (SSSR count). The van der Waals surface area contributed by atoms with E-state index in [0.29, 0.717) is 15.6 Å². The Labute approximate surface area is 134 Å². The number of nitro groups is 1. The molecule has 0 unspecified atom stereocenters. The smallest absolute Gasteiger partial charge is 0.261 e. The summed E-state index contributed by atoms with van der Waals surface area (Å²) in [5.41, 5.74) is 2.81. The second kappa shape index (κ2) is 5.40. The van der Waals surface area contributed by atoms with Gasteiger partial charge < -0.3 is 0 Å². The maximum absolute atomic E-state index is 11.1. The minimum atomic E-state index is -0.371. The first-order valence-corrected chi connectivity index (χ1v) is 7.35. The molecule has 0 radical (unpaired) electrons. The van der Waals surface area contributed by atoms with Crippen LogP contribution >= 0.6 is 22.6 Å². The Morgan fingerprint density at radius 1 is 1.33 bits per heavy atom. The van der Waals surface area contributed by atoms with Gasteiger partial charge in [0, 0.05) is 18.0 Å². The lowest BCUT2D eigenvalue weighted by atomic mass is 10.2. The van der Waals surface area contributed by atoms with Gasteiger partial charge in [0.25, 0.3) is 5.69 Å². The molecule has 0 atom stereocenters. The van der Waals surface area contributed by atoms with Gasteiger partial charge in [-0.15, -0.1) is 0 Å². The first kappa shape index (κ1) is 13.9. The third-order valence-electron chi connectivity index (χ3n) is 3.22. The molecule has 3 aromatic rings. The van der Waals surface area contributed by atoms with E-state index in [4.69, 9.17) is 0 Å². The first-order valence-electron chi connectivity index (χ1n) is 6.27. The first-order chi connectivity index (χ1) is 10.1. The van der Waals surface area contributed by atoms with Crippen LogP contribution in [0.25, 0.3) is 10.9 Å². The molecule has 0 N–H and O–H groups in total. The summed E-state index contributed by atoms with van der Waals surface area (Å²) in [5, 5.41) is 16.1. The fourth-order valence-corrected chi connectivity index (χ4v) is 3.02. The van der Waals surface area contributed by atoms with Crippen molar-refractivity contribution in [3.63, 3.8) is 0 Å². The standard InChI is InChI=1S/C14H11IN4O2/c1-9-5-6-10(7-16-9)8-18-11-3-2-4-12(19(20)21)13(11)14(15)17-18/h2-7H,8H2,1H3. The van der Waals surface area contributed by atoms with Gasteiger partial charge in [0.2, 0.25) is 0 Å². The summed E-state index contributed by atoms with van der Waals surface area (Å²) < 4.78 is 2.41. The highest BCUT2D eigenvalue weighted by Crippen LogP contribution is 2.29. The molecule has 2 heterocycles. The Bertz CT molecular complexity index is 827. The van der Waals surface area contributed by atoms with E-state index in [-0.39, 0.29) is 10.6 Å². The highest BCUT2D eigenvalue weighted by Gasteiger charge is 2.19. The van der Waals surface area contributed by atoms with Crippen LogP contribution in [0.3, 0.4) is 0 Å². The molecule has 0 fully saturated rings. The van der Waals surface area contributed by atoms with Crippen molar-refractivity contribution >= 4 is 39.2 Å². The van der Waals surface area contributed by atoms with Crippen molar-refractivity contribution in [3.8, 4) is 0 Å². The summed E-state index contributed by atoms with van der Waals surface area (Å²) in [6.45, 7) is 2.47. The van der Waals surface area contributed by atoms with Crippen molar-refractivity contribution in [2.24, 2.45) is 0 Å². The Balaban J connectivity index is 2.10. The summed E-state index contributed by atoms with van der Waals surface area (Å²) >= 11 is 2.03. The molecule has 106 valence electrons. The van der Waals surface area contributed by atoms with Gasteiger partial charge in [0.15, 0.2) is 0 Å². The molecule has 0 saturated carbocycles. The molecule has 0 aliphatic carbocycles. The van der Waals surface area contributed by atoms with Crippen LogP contribution in [0.15, 0.2) is 36.5 Å². The van der Waals surface area contributed by atoms with Crippen LogP contribution < -0.4 is 0 Å². The molecule has 21 heavy (non-hydrogen) atoms. The van der Waals surface area contributed by atoms with Crippen molar-refractivity contribution in [2.75, 3.05) is 0 Å². The largest absolute Gasteiger partial charge is 0.281 e. The van der Waals surface area contributed by atoms with Gasteiger partial charge in [0.05, 0.1) is 17.0 Å². The monoisotopic (exact) mass is 394 g/mol. The van der Waals surface area contributed by atoms with Crippen molar-refractivity contribution in [1.82, 2.24) is 14.8 Å². The van der Waals surface area contributed by atoms with Gasteiger partial charge >= 0.3 is 0 Å². The number of halogens is 1. The summed E-state index contributed by atoms with van der Waals surface area (Å²) in [4.78, 5) is 15.0. The van der Waals surface area contributed by atoms with Crippen LogP contribution in [0.2, 0.25) is 0 Å². The molecular weight excluding hydrogens is 383 g/mol. The SMILES string of the molecule is Cc1ccc(Cn2nc(I)c3c([N+](=O)[O-])cccc32)cn1. The number of fused-ring (bicyclic) bond motifs is 1. The number of non-ortho nitro benzene ring substituents is 1. The number of aromatic nitrogens is 3. The Kier molecular flexibility index (Phi) is 3.58. The third-order valence-corrected chi connectivity index (χ3v) is 3.97. The van der Waals surface area contributed by atoms with Crippen LogP contribution in [0, 0.1) is 20.7 Å². The fourth-order valence-electron chi connectivity index (χ4n) is 2.20. The molecule has 0 spiro atoms. The van der Waals surface area contributed by atoms with Crippen molar-refractivity contribution < 1.29 is 4.92 Å². The summed E-state index contributed by atoms with van der Waals surface area (Å²) in [7, 11) is 0. The maximum atomic E-state index is 11.1. The average molecular weight is 394 g/mol. The molecule has 0 amide bonds. The van der Waals surface area contributed by atoms with Crippen LogP contribution in [0.4, 0.5) is 5.69 Å². The van der Waals surface area contributed by atoms with Gasteiger partial charge in [-0.3, -0.25) is 19.8 Å². The van der Waals surface area contributed by atoms with Gasteiger partial charge in [-0.25, -0.2) is 0 Å². The van der Waals surface area contributed by atoms with Crippen molar-refractivity contribution in [3.05, 3.63) is 61.6 Å². The number of nitro benzene ring substituents is 1. The normalized spacial score (nSPS) is 11.0. The number of hydrogen-bond donors (Lipinski definition) is 0. The molecule has 0 bridgehead atoms. The molecule has 6 nitrogen and oxygen atoms in total. The minimum Gasteiger partial charge on any atom is -0.261 e. The van der Waals surface area contributed by atoms with Crippen molar-refractivity contribution in [1.29, 1.82) is 0 Å². The lowest BCUT2D eigenvalue weighted by molar-refractivity contribution is -0.383. The lowest BCUT2D eigenvalue weighted by Crippen LogP contribution is -2.02. The molecular formula is C14H11IN4O2. The predicted octanol–water partition coefficient (Wildman–Crippen LogP) is 3.30. The lowest BCUT2D eigenvalue weighted by Gasteiger charge is -2.03. The molecule has 1 aromatic carbocycles. The number of pyridine rings is 1. The van der Waals surface area contributed by atoms with E-state index in [2.05, 4.69) is 10.1 Å². The van der Waals surface area contributed by atoms with Gasteiger partial charge in [-0.05, 0) is 47.2 Å². The Morgan fingerprint density at radius 2 is 2.14 bits per heavy atom. The van der Waals surface area contributed by atoms with Crippen LogP contribution in [0.1, 0.15) is 11.3 Å². The number of aryl methyl sites for hydroxylation is 1. The fraction of sp³-hybridized carbons (Fsp3) is 0.143. The predicted molar refractivity (Wildman–Crippen MR) is 87.2 cm³/mol. The topological polar surface area (TPSA) is 73.8 Å². The Hall–Kier alpha value is -2.03. The van der Waals surface area contributed by atoms with Gasteiger partial charge in [-0.2, -0.15) is 5.10 Å². The zero-order chi connectivity index (χ0) is 15.0. The van der Waals surface area contributed by atoms with E-state index in [9.17, 15) is 10.1 Å². The zero-order valence-electron chi connectivity index (χ0n) is 11.2. The van der Waals surface area contributed by atoms with Crippen LogP contribution in [-0.4, -0.2) is 19.7 Å². The summed E-state index contributed by atoms with van der Waals surface area (Å²) in [6, 6.07) is 8.96. The summed E-state index contributed by atoms with van der Waals surface area (Å²) in [5.74, 6) is 0. The van der Waals surface area contributed by atoms with Crippen molar-refractivity contribution in [2.45, 2.75) is 13.5 Å². The minimum absolute atomic E-state index is 0.0881.